The fourth-order valence-electron chi connectivity index (χ4n) is 2.54. The number of hydrogen-bond donors (Lipinski definition) is 0. The van der Waals surface area contributed by atoms with Gasteiger partial charge in [0.25, 0.3) is 5.56 Å². The molecule has 6 heteroatoms. The zero-order chi connectivity index (χ0) is 16.0. The normalized spacial score (nSPS) is 12.3. The Morgan fingerprint density at radius 2 is 2.09 bits per heavy atom. The summed E-state index contributed by atoms with van der Waals surface area (Å²) in [6.07, 6.45) is 1.88. The zero-order valence-corrected chi connectivity index (χ0v) is 14.5. The first-order chi connectivity index (χ1) is 11.2. The van der Waals surface area contributed by atoms with E-state index in [4.69, 9.17) is 4.74 Å². The number of nitrogens with zero attached hydrogens (tertiary/aromatic N) is 2. The van der Waals surface area contributed by atoms with Gasteiger partial charge in [0, 0.05) is 0 Å². The Labute approximate surface area is 143 Å². The minimum Gasteiger partial charge on any atom is -0.496 e. The average Bonchev–Trinajstić information content (AvgIpc) is 3.05. The van der Waals surface area contributed by atoms with Crippen molar-refractivity contribution in [3.05, 3.63) is 67.4 Å². The van der Waals surface area contributed by atoms with Crippen molar-refractivity contribution >= 4 is 49.3 Å². The van der Waals surface area contributed by atoms with E-state index in [1.54, 1.807) is 11.5 Å². The summed E-state index contributed by atoms with van der Waals surface area (Å²) < 4.78 is 8.41. The van der Waals surface area contributed by atoms with Crippen LogP contribution >= 0.6 is 27.3 Å². The standard InChI is InChI=1S/C17H11BrN2O2S/c1-22-14-7-6-10(8-11(14)18)9-15-16(21)20-13-5-3-2-4-12(13)19-17(20)23-15/h2-9H,1H3/b15-9+. The summed E-state index contributed by atoms with van der Waals surface area (Å²) in [5.41, 5.74) is 2.59. The van der Waals surface area contributed by atoms with Crippen LogP contribution < -0.4 is 14.8 Å². The second-order valence-electron chi connectivity index (χ2n) is 5.03. The number of aromatic nitrogens is 2. The van der Waals surface area contributed by atoms with Crippen molar-refractivity contribution in [3.8, 4) is 5.75 Å². The fourth-order valence-corrected chi connectivity index (χ4v) is 4.08. The quantitative estimate of drug-likeness (QED) is 0.531. The fraction of sp³-hybridized carbons (Fsp3) is 0.0588. The van der Waals surface area contributed by atoms with Gasteiger partial charge in [0.1, 0.15) is 5.75 Å². The zero-order valence-electron chi connectivity index (χ0n) is 12.1. The van der Waals surface area contributed by atoms with Crippen molar-refractivity contribution in [2.75, 3.05) is 7.11 Å². The molecule has 0 spiro atoms. The van der Waals surface area contributed by atoms with E-state index in [1.165, 1.54) is 11.3 Å². The van der Waals surface area contributed by atoms with Gasteiger partial charge >= 0.3 is 0 Å². The highest BCUT2D eigenvalue weighted by molar-refractivity contribution is 9.10. The summed E-state index contributed by atoms with van der Waals surface area (Å²) in [6, 6.07) is 13.4. The van der Waals surface area contributed by atoms with Gasteiger partial charge in [-0.05, 0) is 51.8 Å². The van der Waals surface area contributed by atoms with Crippen LogP contribution in [0.5, 0.6) is 5.75 Å². The lowest BCUT2D eigenvalue weighted by molar-refractivity contribution is 0.412. The first kappa shape index (κ1) is 14.4. The summed E-state index contributed by atoms with van der Waals surface area (Å²) >= 11 is 4.86. The van der Waals surface area contributed by atoms with E-state index in [2.05, 4.69) is 20.9 Å². The molecule has 0 amide bonds. The largest absolute Gasteiger partial charge is 0.496 e. The number of methoxy groups -OCH3 is 1. The Kier molecular flexibility index (Phi) is 3.43. The summed E-state index contributed by atoms with van der Waals surface area (Å²) in [7, 11) is 1.62. The molecular formula is C17H11BrN2O2S. The highest BCUT2D eigenvalue weighted by Gasteiger charge is 2.10. The molecule has 0 fully saturated rings. The highest BCUT2D eigenvalue weighted by atomic mass is 79.9. The van der Waals surface area contributed by atoms with Crippen LogP contribution in [-0.2, 0) is 0 Å². The van der Waals surface area contributed by atoms with Gasteiger partial charge in [-0.25, -0.2) is 9.38 Å². The summed E-state index contributed by atoms with van der Waals surface area (Å²) in [4.78, 5) is 17.9. The van der Waals surface area contributed by atoms with Gasteiger partial charge in [0.05, 0.1) is 27.1 Å². The van der Waals surface area contributed by atoms with Crippen molar-refractivity contribution in [3.63, 3.8) is 0 Å². The monoisotopic (exact) mass is 386 g/mol. The third kappa shape index (κ3) is 2.34. The number of halogens is 1. The molecular weight excluding hydrogens is 376 g/mol. The Morgan fingerprint density at radius 3 is 2.87 bits per heavy atom. The minimum absolute atomic E-state index is 0.0364. The van der Waals surface area contributed by atoms with Gasteiger partial charge in [-0.1, -0.05) is 29.5 Å². The maximum Gasteiger partial charge on any atom is 0.274 e. The smallest absolute Gasteiger partial charge is 0.274 e. The van der Waals surface area contributed by atoms with Gasteiger partial charge in [-0.15, -0.1) is 0 Å². The van der Waals surface area contributed by atoms with E-state index < -0.39 is 0 Å². The predicted molar refractivity (Wildman–Crippen MR) is 96.3 cm³/mol. The number of rotatable bonds is 2. The molecule has 2 aromatic heterocycles. The van der Waals surface area contributed by atoms with Crippen LogP contribution in [0.1, 0.15) is 5.56 Å². The molecule has 2 aromatic carbocycles. The van der Waals surface area contributed by atoms with E-state index in [9.17, 15) is 4.79 Å². The van der Waals surface area contributed by atoms with Crippen molar-refractivity contribution in [2.24, 2.45) is 0 Å². The number of imidazole rings is 1. The minimum atomic E-state index is -0.0364. The molecule has 0 radical (unpaired) electrons. The Morgan fingerprint density at radius 1 is 1.26 bits per heavy atom. The third-order valence-corrected chi connectivity index (χ3v) is 5.21. The van der Waals surface area contributed by atoms with Crippen LogP contribution in [0.25, 0.3) is 22.1 Å². The van der Waals surface area contributed by atoms with Crippen LogP contribution in [0.15, 0.2) is 51.7 Å². The van der Waals surface area contributed by atoms with E-state index in [0.29, 0.717) is 4.53 Å². The Bertz CT molecular complexity index is 1150. The number of fused-ring (bicyclic) bond motifs is 3. The molecule has 0 aliphatic carbocycles. The molecule has 4 nitrogen and oxygen atoms in total. The van der Waals surface area contributed by atoms with E-state index in [-0.39, 0.29) is 5.56 Å². The molecule has 0 aliphatic rings. The van der Waals surface area contributed by atoms with Crippen molar-refractivity contribution in [2.45, 2.75) is 0 Å². The Hall–Kier alpha value is -2.18. The first-order valence-corrected chi connectivity index (χ1v) is 8.53. The highest BCUT2D eigenvalue weighted by Crippen LogP contribution is 2.25. The average molecular weight is 387 g/mol. The second-order valence-corrected chi connectivity index (χ2v) is 6.89. The Balaban J connectivity index is 1.94. The maximum atomic E-state index is 12.7. The molecule has 0 atom stereocenters. The molecule has 0 saturated carbocycles. The molecule has 23 heavy (non-hydrogen) atoms. The lowest BCUT2D eigenvalue weighted by atomic mass is 10.2. The molecule has 0 N–H and O–H groups in total. The summed E-state index contributed by atoms with van der Waals surface area (Å²) in [5.74, 6) is 0.761. The van der Waals surface area contributed by atoms with E-state index in [1.807, 2.05) is 48.5 Å². The second kappa shape index (κ2) is 5.47. The van der Waals surface area contributed by atoms with Crippen molar-refractivity contribution in [1.29, 1.82) is 0 Å². The SMILES string of the molecule is COc1ccc(/C=c2/sc3nc4ccccc4n3c2=O)cc1Br. The van der Waals surface area contributed by atoms with Crippen LogP contribution in [0, 0.1) is 0 Å². The molecule has 2 heterocycles. The van der Waals surface area contributed by atoms with Gasteiger partial charge in [0.15, 0.2) is 4.96 Å². The number of thiazole rings is 1. The molecule has 0 bridgehead atoms. The van der Waals surface area contributed by atoms with Gasteiger partial charge in [0.2, 0.25) is 0 Å². The van der Waals surface area contributed by atoms with Crippen LogP contribution in [0.2, 0.25) is 0 Å². The number of benzene rings is 2. The van der Waals surface area contributed by atoms with E-state index >= 15 is 0 Å². The van der Waals surface area contributed by atoms with Gasteiger partial charge < -0.3 is 4.74 Å². The van der Waals surface area contributed by atoms with Crippen LogP contribution in [-0.4, -0.2) is 16.5 Å². The van der Waals surface area contributed by atoms with Crippen LogP contribution in [0.3, 0.4) is 0 Å². The number of hydrogen-bond acceptors (Lipinski definition) is 4. The van der Waals surface area contributed by atoms with Gasteiger partial charge in [-0.3, -0.25) is 4.79 Å². The number of ether oxygens (including phenoxy) is 1. The molecule has 4 aromatic rings. The third-order valence-electron chi connectivity index (χ3n) is 3.62. The molecule has 114 valence electrons. The lowest BCUT2D eigenvalue weighted by Gasteiger charge is -2.02. The van der Waals surface area contributed by atoms with Crippen LogP contribution in [0.4, 0.5) is 0 Å². The van der Waals surface area contributed by atoms with Crippen molar-refractivity contribution in [1.82, 2.24) is 9.38 Å². The topological polar surface area (TPSA) is 43.6 Å². The molecule has 4 rings (SSSR count). The molecule has 0 unspecified atom stereocenters. The molecule has 0 aliphatic heterocycles. The van der Waals surface area contributed by atoms with Gasteiger partial charge in [-0.2, -0.15) is 0 Å². The summed E-state index contributed by atoms with van der Waals surface area (Å²) in [5, 5.41) is 0. The molecule has 0 saturated heterocycles. The first-order valence-electron chi connectivity index (χ1n) is 6.92. The summed E-state index contributed by atoms with van der Waals surface area (Å²) in [6.45, 7) is 0. The van der Waals surface area contributed by atoms with Crippen molar-refractivity contribution < 1.29 is 4.74 Å². The maximum absolute atomic E-state index is 12.7. The predicted octanol–water partition coefficient (Wildman–Crippen LogP) is 3.23. The number of para-hydroxylation sites is 2. The van der Waals surface area contributed by atoms with E-state index in [0.717, 1.165) is 31.8 Å². The lowest BCUT2D eigenvalue weighted by Crippen LogP contribution is -2.22.